The summed E-state index contributed by atoms with van der Waals surface area (Å²) in [5.74, 6) is 0. The van der Waals surface area contributed by atoms with E-state index < -0.39 is 0 Å². The normalized spacial score (nSPS) is 12.9. The van der Waals surface area contributed by atoms with E-state index in [4.69, 9.17) is 0 Å². The number of hydrogen-bond acceptors (Lipinski definition) is 2. The van der Waals surface area contributed by atoms with Gasteiger partial charge in [0.15, 0.2) is 0 Å². The highest BCUT2D eigenvalue weighted by molar-refractivity contribution is 7.00. The summed E-state index contributed by atoms with van der Waals surface area (Å²) in [6, 6.07) is 119. The van der Waals surface area contributed by atoms with Crippen LogP contribution >= 0.6 is 0 Å². The van der Waals surface area contributed by atoms with E-state index in [9.17, 15) is 0 Å². The van der Waals surface area contributed by atoms with Crippen molar-refractivity contribution < 1.29 is 0 Å². The van der Waals surface area contributed by atoms with E-state index in [1.54, 1.807) is 0 Å². The van der Waals surface area contributed by atoms with Gasteiger partial charge in [-0.2, -0.15) is 0 Å². The molecule has 0 aliphatic carbocycles. The quantitative estimate of drug-likeness (QED) is 0.141. The lowest BCUT2D eigenvalue weighted by Gasteiger charge is -2.44. The molecule has 0 saturated heterocycles. The van der Waals surface area contributed by atoms with E-state index in [1.807, 2.05) is 0 Å². The van der Waals surface area contributed by atoms with Crippen LogP contribution in [-0.4, -0.2) is 20.4 Å². The summed E-state index contributed by atoms with van der Waals surface area (Å²) in [7, 11) is 0. The van der Waals surface area contributed by atoms with E-state index in [1.165, 1.54) is 115 Å². The molecular weight excluding hydrogens is 1190 g/mol. The topological polar surface area (TPSA) is 21.3 Å². The van der Waals surface area contributed by atoms with Gasteiger partial charge in [-0.15, -0.1) is 0 Å². The molecule has 19 rings (SSSR count). The first-order chi connectivity index (χ1) is 47.9. The van der Waals surface area contributed by atoms with Gasteiger partial charge in [0.05, 0.1) is 33.1 Å². The Morgan fingerprint density at radius 3 is 0.929 bits per heavy atom. The van der Waals surface area contributed by atoms with Crippen LogP contribution < -0.4 is 26.2 Å². The smallest absolute Gasteiger partial charge is 0.252 e. The van der Waals surface area contributed by atoms with Crippen LogP contribution in [0.1, 0.15) is 52.7 Å². The Kier molecular flexibility index (Phi) is 12.8. The van der Waals surface area contributed by atoms with Gasteiger partial charge in [0.25, 0.3) is 6.71 Å². The van der Waals surface area contributed by atoms with Gasteiger partial charge in [-0.3, -0.25) is 0 Å². The second kappa shape index (κ2) is 21.8. The molecule has 6 heteroatoms. The van der Waals surface area contributed by atoms with Crippen molar-refractivity contribution in [1.82, 2.24) is 13.7 Å². The van der Waals surface area contributed by atoms with E-state index in [0.717, 1.165) is 62.3 Å². The van der Waals surface area contributed by atoms with Crippen molar-refractivity contribution >= 4 is 123 Å². The van der Waals surface area contributed by atoms with Crippen molar-refractivity contribution in [2.75, 3.05) is 9.80 Å². The zero-order chi connectivity index (χ0) is 65.7. The zero-order valence-electron chi connectivity index (χ0n) is 55.8. The largest absolute Gasteiger partial charge is 0.311 e. The summed E-state index contributed by atoms with van der Waals surface area (Å²) < 4.78 is 7.37. The van der Waals surface area contributed by atoms with E-state index in [2.05, 4.69) is 380 Å². The van der Waals surface area contributed by atoms with Crippen LogP contribution in [0.3, 0.4) is 0 Å². The number of benzene rings is 14. The van der Waals surface area contributed by atoms with Crippen LogP contribution in [0.2, 0.25) is 0 Å². The fourth-order valence-corrected chi connectivity index (χ4v) is 16.3. The molecule has 0 bridgehead atoms. The second-order valence-corrected chi connectivity index (χ2v) is 28.9. The number of para-hydroxylation sites is 6. The summed E-state index contributed by atoms with van der Waals surface area (Å²) in [6.07, 6.45) is 0. The number of hydrogen-bond donors (Lipinski definition) is 0. The fraction of sp³-hybridized carbons (Fsp3) is 0.0870. The molecular formula is C92H70BN5. The first kappa shape index (κ1) is 57.6. The van der Waals surface area contributed by atoms with Crippen molar-refractivity contribution in [1.29, 1.82) is 0 Å². The van der Waals surface area contributed by atoms with Gasteiger partial charge in [0, 0.05) is 83.5 Å². The maximum Gasteiger partial charge on any atom is 0.252 e. The van der Waals surface area contributed by atoms with Gasteiger partial charge in [-0.05, 0) is 187 Å². The Morgan fingerprint density at radius 1 is 0.224 bits per heavy atom. The average Bonchev–Trinajstić information content (AvgIpc) is 0.866. The number of aromatic nitrogens is 3. The van der Waals surface area contributed by atoms with Gasteiger partial charge < -0.3 is 23.5 Å². The van der Waals surface area contributed by atoms with Crippen molar-refractivity contribution in [2.24, 2.45) is 0 Å². The SMILES string of the molecule is CC(C)(C)c1ccc(-c2ccc(N3c4cc(-n5c6ccccc6c6ccccc65)ccc4B4c5ccc(-n6c7ccccc7c7ccccc76)cc5N(c5ccc(-c6ccc(C(C)(C)C)cc6)cc5)c5cc(-c6ccc7c(c6)c6ccccc6n7-c6ccccc6)cc3c54)cc2)cc1. The third kappa shape index (κ3) is 9.01. The van der Waals surface area contributed by atoms with Crippen molar-refractivity contribution in [3.05, 3.63) is 327 Å². The van der Waals surface area contributed by atoms with Crippen LogP contribution in [0.5, 0.6) is 0 Å². The van der Waals surface area contributed by atoms with Gasteiger partial charge in [-0.25, -0.2) is 0 Å². The molecule has 3 aromatic heterocycles. The predicted octanol–water partition coefficient (Wildman–Crippen LogP) is 22.7. The Hall–Kier alpha value is -11.9. The minimum atomic E-state index is -0.168. The van der Waals surface area contributed by atoms with Gasteiger partial charge in [0.2, 0.25) is 0 Å². The zero-order valence-corrected chi connectivity index (χ0v) is 55.8. The molecule has 0 spiro atoms. The molecule has 5 heterocycles. The molecule has 98 heavy (non-hydrogen) atoms. The number of anilines is 6. The van der Waals surface area contributed by atoms with Gasteiger partial charge >= 0.3 is 0 Å². The Balaban J connectivity index is 0.899. The van der Waals surface area contributed by atoms with Crippen molar-refractivity contribution in [3.8, 4) is 50.4 Å². The number of rotatable bonds is 8. The minimum Gasteiger partial charge on any atom is -0.311 e. The Morgan fingerprint density at radius 2 is 0.541 bits per heavy atom. The molecule has 2 aliphatic rings. The lowest BCUT2D eigenvalue weighted by Crippen LogP contribution is -2.61. The molecule has 0 atom stereocenters. The average molecular weight is 1260 g/mol. The minimum absolute atomic E-state index is 0.0492. The molecule has 0 saturated carbocycles. The molecule has 17 aromatic rings. The standard InChI is InChI=1S/C92H70BN5/c1-91(2,3)65-41-32-59(33-42-65)61-36-45-68(46-37-61)95-86-57-70(97-80-27-15-10-22-72(80)73-23-11-16-28-81(73)97)49-51-78(86)93-79-52-50-71(98-82-29-17-12-24-74(82)75-25-13-18-30-83(75)98)58-87(79)96(69-47-38-62(39-48-69)60-34-43-66(44-35-60)92(4,5)6)89-56-64(55-88(95)90(89)93)63-40-53-85-77(54-63)76-26-14-19-31-84(76)94(85)67-20-8-7-9-21-67/h7-58H,1-6H3. The highest BCUT2D eigenvalue weighted by Gasteiger charge is 2.44. The second-order valence-electron chi connectivity index (χ2n) is 28.9. The molecule has 0 radical (unpaired) electrons. The maximum atomic E-state index is 2.60. The molecule has 466 valence electrons. The van der Waals surface area contributed by atoms with Gasteiger partial charge in [-0.1, -0.05) is 242 Å². The summed E-state index contributed by atoms with van der Waals surface area (Å²) in [4.78, 5) is 5.19. The summed E-state index contributed by atoms with van der Waals surface area (Å²) in [5, 5.41) is 7.37. The van der Waals surface area contributed by atoms with Crippen molar-refractivity contribution in [3.63, 3.8) is 0 Å². The summed E-state index contributed by atoms with van der Waals surface area (Å²) in [5.41, 5.74) is 30.6. The third-order valence-electron chi connectivity index (χ3n) is 21.2. The van der Waals surface area contributed by atoms with Crippen molar-refractivity contribution in [2.45, 2.75) is 52.4 Å². The number of fused-ring (bicyclic) bond motifs is 13. The monoisotopic (exact) mass is 1260 g/mol. The Bertz CT molecular complexity index is 5660. The van der Waals surface area contributed by atoms with Crippen LogP contribution in [0.4, 0.5) is 34.1 Å². The summed E-state index contributed by atoms with van der Waals surface area (Å²) in [6.45, 7) is 13.5. The lowest BCUT2D eigenvalue weighted by atomic mass is 9.33. The van der Waals surface area contributed by atoms with Crippen LogP contribution in [0.15, 0.2) is 315 Å². The first-order valence-electron chi connectivity index (χ1n) is 34.4. The molecule has 2 aliphatic heterocycles. The third-order valence-corrected chi connectivity index (χ3v) is 21.2. The number of nitrogens with zero attached hydrogens (tertiary/aromatic N) is 5. The molecule has 0 N–H and O–H groups in total. The highest BCUT2D eigenvalue weighted by Crippen LogP contribution is 2.49. The van der Waals surface area contributed by atoms with E-state index in [-0.39, 0.29) is 17.5 Å². The molecule has 0 amide bonds. The first-order valence-corrected chi connectivity index (χ1v) is 34.4. The molecule has 0 fully saturated rings. The highest BCUT2D eigenvalue weighted by atomic mass is 15.2. The molecule has 0 unspecified atom stereocenters. The molecule has 14 aromatic carbocycles. The van der Waals surface area contributed by atoms with E-state index >= 15 is 0 Å². The molecule has 5 nitrogen and oxygen atoms in total. The van der Waals surface area contributed by atoms with Crippen LogP contribution in [0, 0.1) is 0 Å². The maximum absolute atomic E-state index is 2.60. The lowest BCUT2D eigenvalue weighted by molar-refractivity contribution is 0.590. The van der Waals surface area contributed by atoms with Crippen LogP contribution in [-0.2, 0) is 10.8 Å². The predicted molar refractivity (Wildman–Crippen MR) is 417 cm³/mol. The fourth-order valence-electron chi connectivity index (χ4n) is 16.3. The van der Waals surface area contributed by atoms with E-state index in [0.29, 0.717) is 0 Å². The Labute approximate surface area is 572 Å². The van der Waals surface area contributed by atoms with Gasteiger partial charge in [0.1, 0.15) is 0 Å². The van der Waals surface area contributed by atoms with Crippen LogP contribution in [0.25, 0.3) is 116 Å². The summed E-state index contributed by atoms with van der Waals surface area (Å²) >= 11 is 0.